The fourth-order valence-electron chi connectivity index (χ4n) is 1.57. The molecule has 6 heteroatoms. The lowest BCUT2D eigenvalue weighted by atomic mass is 10.0. The normalized spacial score (nSPS) is 13.8. The molecule has 0 fully saturated rings. The van der Waals surface area contributed by atoms with Crippen LogP contribution in [0.2, 0.25) is 0 Å². The molecule has 2 unspecified atom stereocenters. The summed E-state index contributed by atoms with van der Waals surface area (Å²) in [6.07, 6.45) is 1.72. The first-order valence-corrected chi connectivity index (χ1v) is 8.12. The van der Waals surface area contributed by atoms with Crippen molar-refractivity contribution in [3.05, 3.63) is 24.3 Å². The van der Waals surface area contributed by atoms with Crippen LogP contribution in [0.25, 0.3) is 0 Å². The molecule has 0 saturated carbocycles. The first-order valence-electron chi connectivity index (χ1n) is 6.56. The van der Waals surface area contributed by atoms with E-state index < -0.39 is 16.9 Å². The van der Waals surface area contributed by atoms with E-state index in [1.807, 2.05) is 13.8 Å². The average Bonchev–Trinajstić information content (AvgIpc) is 2.39. The third-order valence-electron chi connectivity index (χ3n) is 2.94. The van der Waals surface area contributed by atoms with E-state index in [0.717, 1.165) is 4.90 Å². The molecule has 112 valence electrons. The van der Waals surface area contributed by atoms with Crippen LogP contribution in [-0.4, -0.2) is 34.3 Å². The first kappa shape index (κ1) is 16.7. The van der Waals surface area contributed by atoms with Gasteiger partial charge >= 0.3 is 6.03 Å². The summed E-state index contributed by atoms with van der Waals surface area (Å²) in [7, 11) is -1.02. The van der Waals surface area contributed by atoms with Crippen molar-refractivity contribution >= 4 is 22.5 Å². The maximum atomic E-state index is 11.6. The molecule has 0 spiro atoms. The Morgan fingerprint density at radius 2 is 1.90 bits per heavy atom. The zero-order chi connectivity index (χ0) is 15.1. The van der Waals surface area contributed by atoms with Crippen molar-refractivity contribution in [3.63, 3.8) is 0 Å². The molecule has 1 aromatic carbocycles. The molecular weight excluding hydrogens is 276 g/mol. The smallest absolute Gasteiger partial charge is 0.319 e. The van der Waals surface area contributed by atoms with Crippen molar-refractivity contribution in [2.24, 2.45) is 5.92 Å². The minimum Gasteiger partial charge on any atom is -0.393 e. The first-order chi connectivity index (χ1) is 9.40. The minimum atomic E-state index is -1.02. The minimum absolute atomic E-state index is 0.183. The Hall–Kier alpha value is -1.40. The summed E-state index contributed by atoms with van der Waals surface area (Å²) in [6.45, 7) is 4.29. The molecule has 20 heavy (non-hydrogen) atoms. The van der Waals surface area contributed by atoms with Crippen LogP contribution in [0.5, 0.6) is 0 Å². The second-order valence-electron chi connectivity index (χ2n) is 4.96. The highest BCUT2D eigenvalue weighted by Crippen LogP contribution is 2.11. The Kier molecular flexibility index (Phi) is 6.67. The lowest BCUT2D eigenvalue weighted by Crippen LogP contribution is -2.32. The quantitative estimate of drug-likeness (QED) is 0.751. The Morgan fingerprint density at radius 3 is 2.40 bits per heavy atom. The molecule has 0 aromatic heterocycles. The fourth-order valence-corrected chi connectivity index (χ4v) is 2.09. The maximum Gasteiger partial charge on any atom is 0.319 e. The molecule has 0 radical (unpaired) electrons. The summed E-state index contributed by atoms with van der Waals surface area (Å²) in [5.41, 5.74) is 0.640. The van der Waals surface area contributed by atoms with Gasteiger partial charge in [-0.3, -0.25) is 4.21 Å². The number of urea groups is 1. The molecule has 3 N–H and O–H groups in total. The van der Waals surface area contributed by atoms with Gasteiger partial charge in [-0.2, -0.15) is 0 Å². The average molecular weight is 298 g/mol. The maximum absolute atomic E-state index is 11.6. The van der Waals surface area contributed by atoms with E-state index in [2.05, 4.69) is 10.6 Å². The van der Waals surface area contributed by atoms with Gasteiger partial charge in [0.05, 0.1) is 6.10 Å². The zero-order valence-corrected chi connectivity index (χ0v) is 12.9. The van der Waals surface area contributed by atoms with Crippen LogP contribution in [-0.2, 0) is 10.8 Å². The van der Waals surface area contributed by atoms with Crippen LogP contribution in [0.1, 0.15) is 20.3 Å². The highest BCUT2D eigenvalue weighted by atomic mass is 32.2. The van der Waals surface area contributed by atoms with E-state index in [4.69, 9.17) is 0 Å². The molecular formula is C14H22N2O3S. The van der Waals surface area contributed by atoms with Gasteiger partial charge in [0.1, 0.15) is 0 Å². The zero-order valence-electron chi connectivity index (χ0n) is 12.1. The topological polar surface area (TPSA) is 78.4 Å². The van der Waals surface area contributed by atoms with Gasteiger partial charge < -0.3 is 15.7 Å². The third kappa shape index (κ3) is 5.71. The number of carbonyl (C=O) groups excluding carboxylic acids is 1. The van der Waals surface area contributed by atoms with Gasteiger partial charge in [0.2, 0.25) is 0 Å². The van der Waals surface area contributed by atoms with Gasteiger partial charge in [0.15, 0.2) is 0 Å². The van der Waals surface area contributed by atoms with E-state index in [1.54, 1.807) is 30.5 Å². The molecule has 1 aromatic rings. The number of hydrogen-bond donors (Lipinski definition) is 3. The molecule has 1 rings (SSSR count). The molecule has 0 aliphatic heterocycles. The van der Waals surface area contributed by atoms with Crippen molar-refractivity contribution in [1.29, 1.82) is 0 Å². The van der Waals surface area contributed by atoms with Crippen LogP contribution < -0.4 is 10.6 Å². The molecule has 2 amide bonds. The number of aliphatic hydroxyl groups excluding tert-OH is 1. The fraction of sp³-hybridized carbons (Fsp3) is 0.500. The number of anilines is 1. The third-order valence-corrected chi connectivity index (χ3v) is 3.88. The molecule has 0 aliphatic rings. The van der Waals surface area contributed by atoms with Crippen molar-refractivity contribution in [3.8, 4) is 0 Å². The Balaban J connectivity index is 2.37. The van der Waals surface area contributed by atoms with Crippen LogP contribution in [0, 0.1) is 5.92 Å². The molecule has 0 aliphatic carbocycles. The van der Waals surface area contributed by atoms with Crippen LogP contribution in [0.15, 0.2) is 29.2 Å². The Morgan fingerprint density at radius 1 is 1.30 bits per heavy atom. The number of hydrogen-bond acceptors (Lipinski definition) is 3. The summed E-state index contributed by atoms with van der Waals surface area (Å²) in [5.74, 6) is 0.183. The van der Waals surface area contributed by atoms with Gasteiger partial charge in [0.25, 0.3) is 0 Å². The summed E-state index contributed by atoms with van der Waals surface area (Å²) in [4.78, 5) is 12.3. The number of carbonyl (C=O) groups is 1. The second-order valence-corrected chi connectivity index (χ2v) is 6.34. The number of benzene rings is 1. The van der Waals surface area contributed by atoms with Gasteiger partial charge in [-0.05, 0) is 36.6 Å². The van der Waals surface area contributed by atoms with Crippen molar-refractivity contribution < 1.29 is 14.1 Å². The Labute approximate surface area is 122 Å². The van der Waals surface area contributed by atoms with Gasteiger partial charge in [-0.25, -0.2) is 4.79 Å². The standard InChI is InChI=1S/C14H22N2O3S/c1-10(2)13(17)8-9-15-14(18)16-11-4-6-12(7-5-11)20(3)19/h4-7,10,13,17H,8-9H2,1-3H3,(H2,15,16,18). The van der Waals surface area contributed by atoms with E-state index in [0.29, 0.717) is 18.7 Å². The highest BCUT2D eigenvalue weighted by Gasteiger charge is 2.09. The monoisotopic (exact) mass is 298 g/mol. The predicted octanol–water partition coefficient (Wildman–Crippen LogP) is 1.95. The van der Waals surface area contributed by atoms with E-state index >= 15 is 0 Å². The van der Waals surface area contributed by atoms with Crippen molar-refractivity contribution in [2.45, 2.75) is 31.3 Å². The van der Waals surface area contributed by atoms with E-state index in [-0.39, 0.29) is 11.9 Å². The van der Waals surface area contributed by atoms with Gasteiger partial charge in [-0.1, -0.05) is 13.8 Å². The van der Waals surface area contributed by atoms with Gasteiger partial charge in [-0.15, -0.1) is 0 Å². The lowest BCUT2D eigenvalue weighted by Gasteiger charge is -2.14. The predicted molar refractivity (Wildman–Crippen MR) is 81.3 cm³/mol. The van der Waals surface area contributed by atoms with Crippen molar-refractivity contribution in [2.75, 3.05) is 18.1 Å². The molecule has 0 heterocycles. The SMILES string of the molecule is CC(C)C(O)CCNC(=O)Nc1ccc(S(C)=O)cc1. The highest BCUT2D eigenvalue weighted by molar-refractivity contribution is 7.84. The largest absolute Gasteiger partial charge is 0.393 e. The lowest BCUT2D eigenvalue weighted by molar-refractivity contribution is 0.117. The summed E-state index contributed by atoms with van der Waals surface area (Å²) >= 11 is 0. The summed E-state index contributed by atoms with van der Waals surface area (Å²) < 4.78 is 11.2. The molecule has 5 nitrogen and oxygen atoms in total. The molecule has 0 saturated heterocycles. The number of amides is 2. The summed E-state index contributed by atoms with van der Waals surface area (Å²) in [6, 6.07) is 6.53. The van der Waals surface area contributed by atoms with E-state index in [9.17, 15) is 14.1 Å². The van der Waals surface area contributed by atoms with Crippen LogP contribution in [0.4, 0.5) is 10.5 Å². The number of nitrogens with one attached hydrogen (secondary N) is 2. The molecule has 0 bridgehead atoms. The number of rotatable bonds is 6. The Bertz CT molecular complexity index is 460. The molecule has 2 atom stereocenters. The van der Waals surface area contributed by atoms with E-state index in [1.165, 1.54) is 0 Å². The number of aliphatic hydroxyl groups is 1. The van der Waals surface area contributed by atoms with Gasteiger partial charge in [0, 0.05) is 34.2 Å². The second kappa shape index (κ2) is 8.01. The summed E-state index contributed by atoms with van der Waals surface area (Å²) in [5, 5.41) is 15.0. The van der Waals surface area contributed by atoms with Crippen molar-refractivity contribution in [1.82, 2.24) is 5.32 Å². The van der Waals surface area contributed by atoms with Crippen LogP contribution in [0.3, 0.4) is 0 Å². The van der Waals surface area contributed by atoms with Crippen LogP contribution >= 0.6 is 0 Å².